The maximum Gasteiger partial charge on any atom is 0.329 e. The van der Waals surface area contributed by atoms with E-state index in [1.165, 1.54) is 4.90 Å². The van der Waals surface area contributed by atoms with Crippen LogP contribution in [0.2, 0.25) is 0 Å². The monoisotopic (exact) mass is 364 g/mol. The minimum absolute atomic E-state index is 0.350. The van der Waals surface area contributed by atoms with E-state index in [1.807, 2.05) is 30.3 Å². The molecule has 0 radical (unpaired) electrons. The normalized spacial score (nSPS) is 17.9. The lowest BCUT2D eigenvalue weighted by atomic mass is 9.91. The molecule has 1 aliphatic rings. The van der Waals surface area contributed by atoms with Gasteiger partial charge in [-0.3, -0.25) is 14.5 Å². The summed E-state index contributed by atoms with van der Waals surface area (Å²) in [5.41, 5.74) is 0.00344. The number of benzene rings is 1. The van der Waals surface area contributed by atoms with Crippen molar-refractivity contribution in [2.45, 2.75) is 50.4 Å². The highest BCUT2D eigenvalue weighted by atomic mass is 32.1. The zero-order chi connectivity index (χ0) is 18.6. The lowest BCUT2D eigenvalue weighted by Crippen LogP contribution is -2.50. The second-order valence-corrected chi connectivity index (χ2v) is 6.78. The van der Waals surface area contributed by atoms with E-state index in [2.05, 4.69) is 12.6 Å². The molecule has 1 saturated heterocycles. The first-order chi connectivity index (χ1) is 11.9. The van der Waals surface area contributed by atoms with Gasteiger partial charge in [0, 0.05) is 0 Å². The van der Waals surface area contributed by atoms with Crippen LogP contribution in [0.1, 0.15) is 38.7 Å². The van der Waals surface area contributed by atoms with Gasteiger partial charge in [-0.1, -0.05) is 44.2 Å². The van der Waals surface area contributed by atoms with Crippen molar-refractivity contribution in [2.75, 3.05) is 6.54 Å². The molecule has 1 heterocycles. The molecule has 1 fully saturated rings. The van der Waals surface area contributed by atoms with Gasteiger partial charge in [0.2, 0.25) is 0 Å². The lowest BCUT2D eigenvalue weighted by molar-refractivity contribution is -0.140. The molecule has 1 atom stereocenters. The molecule has 1 aromatic rings. The fourth-order valence-electron chi connectivity index (χ4n) is 3.36. The van der Waals surface area contributed by atoms with Gasteiger partial charge in [0.05, 0.1) is 5.37 Å². The SMILES string of the molecule is CCC1(CC)C(=O)N(C(S)CCc2ccccc2)C(=O)N1CC(=O)O. The molecule has 2 rings (SSSR count). The number of hydrogen-bond acceptors (Lipinski definition) is 4. The van der Waals surface area contributed by atoms with Crippen molar-refractivity contribution in [1.82, 2.24) is 9.80 Å². The zero-order valence-corrected chi connectivity index (χ0v) is 15.4. The Balaban J connectivity index is 2.20. The smallest absolute Gasteiger partial charge is 0.329 e. The van der Waals surface area contributed by atoms with E-state index in [0.717, 1.165) is 10.5 Å². The number of carboxylic acids is 1. The molecule has 6 nitrogen and oxygen atoms in total. The van der Waals surface area contributed by atoms with Crippen LogP contribution >= 0.6 is 12.6 Å². The summed E-state index contributed by atoms with van der Waals surface area (Å²) in [5, 5.41) is 8.55. The Bertz CT molecular complexity index is 646. The molecule has 0 aromatic heterocycles. The number of carbonyl (C=O) groups excluding carboxylic acids is 2. The summed E-state index contributed by atoms with van der Waals surface area (Å²) in [5.74, 6) is -1.48. The number of aliphatic carboxylic acids is 1. The molecule has 136 valence electrons. The Morgan fingerprint density at radius 3 is 2.32 bits per heavy atom. The average Bonchev–Trinajstić information content (AvgIpc) is 2.80. The van der Waals surface area contributed by atoms with Crippen LogP contribution in [0.3, 0.4) is 0 Å². The zero-order valence-electron chi connectivity index (χ0n) is 14.5. The Labute approximate surface area is 153 Å². The molecular weight excluding hydrogens is 340 g/mol. The van der Waals surface area contributed by atoms with Crippen molar-refractivity contribution in [3.63, 3.8) is 0 Å². The van der Waals surface area contributed by atoms with Crippen LogP contribution in [0.25, 0.3) is 0 Å². The van der Waals surface area contributed by atoms with Gasteiger partial charge in [0.25, 0.3) is 5.91 Å². The van der Waals surface area contributed by atoms with Crippen molar-refractivity contribution in [3.05, 3.63) is 35.9 Å². The van der Waals surface area contributed by atoms with E-state index in [0.29, 0.717) is 25.7 Å². The van der Waals surface area contributed by atoms with Crippen molar-refractivity contribution in [2.24, 2.45) is 0 Å². The van der Waals surface area contributed by atoms with E-state index in [1.54, 1.807) is 13.8 Å². The van der Waals surface area contributed by atoms with E-state index >= 15 is 0 Å². The highest BCUT2D eigenvalue weighted by molar-refractivity contribution is 7.80. The molecule has 0 bridgehead atoms. The molecule has 1 N–H and O–H groups in total. The maximum absolute atomic E-state index is 13.0. The van der Waals surface area contributed by atoms with Crippen molar-refractivity contribution in [3.8, 4) is 0 Å². The predicted molar refractivity (Wildman–Crippen MR) is 97.4 cm³/mol. The van der Waals surface area contributed by atoms with Gasteiger partial charge in [-0.2, -0.15) is 12.6 Å². The van der Waals surface area contributed by atoms with Crippen molar-refractivity contribution >= 4 is 30.5 Å². The summed E-state index contributed by atoms with van der Waals surface area (Å²) in [6.45, 7) is 3.11. The number of nitrogens with zero attached hydrogens (tertiary/aromatic N) is 2. The number of rotatable bonds is 8. The number of hydrogen-bond donors (Lipinski definition) is 2. The van der Waals surface area contributed by atoms with Crippen LogP contribution < -0.4 is 0 Å². The second kappa shape index (κ2) is 7.91. The third-order valence-electron chi connectivity index (χ3n) is 4.87. The van der Waals surface area contributed by atoms with Crippen LogP contribution in [-0.4, -0.2) is 50.3 Å². The number of urea groups is 1. The minimum atomic E-state index is -1.13. The van der Waals surface area contributed by atoms with Gasteiger partial charge in [0.1, 0.15) is 12.1 Å². The van der Waals surface area contributed by atoms with Crippen LogP contribution in [0, 0.1) is 0 Å². The summed E-state index contributed by atoms with van der Waals surface area (Å²) < 4.78 is 0. The molecule has 25 heavy (non-hydrogen) atoms. The summed E-state index contributed by atoms with van der Waals surface area (Å²) in [6, 6.07) is 9.19. The summed E-state index contributed by atoms with van der Waals surface area (Å²) in [4.78, 5) is 39.2. The van der Waals surface area contributed by atoms with Crippen LogP contribution in [0.4, 0.5) is 4.79 Å². The molecule has 0 aliphatic carbocycles. The topological polar surface area (TPSA) is 77.9 Å². The highest BCUT2D eigenvalue weighted by Crippen LogP contribution is 2.36. The number of carbonyl (C=O) groups is 3. The highest BCUT2D eigenvalue weighted by Gasteiger charge is 2.56. The third kappa shape index (κ3) is 3.66. The molecule has 7 heteroatoms. The Kier molecular flexibility index (Phi) is 6.11. The number of carboxylic acid groups (broad SMARTS) is 1. The quantitative estimate of drug-likeness (QED) is 0.549. The van der Waals surface area contributed by atoms with Crippen LogP contribution in [-0.2, 0) is 16.0 Å². The Morgan fingerprint density at radius 1 is 1.20 bits per heavy atom. The van der Waals surface area contributed by atoms with Crippen LogP contribution in [0.5, 0.6) is 0 Å². The van der Waals surface area contributed by atoms with Crippen molar-refractivity contribution < 1.29 is 19.5 Å². The van der Waals surface area contributed by atoms with Gasteiger partial charge in [-0.05, 0) is 31.2 Å². The van der Waals surface area contributed by atoms with E-state index in [-0.39, 0.29) is 5.91 Å². The van der Waals surface area contributed by atoms with Crippen LogP contribution in [0.15, 0.2) is 30.3 Å². The number of thiol groups is 1. The van der Waals surface area contributed by atoms with Crippen molar-refractivity contribution in [1.29, 1.82) is 0 Å². The first-order valence-corrected chi connectivity index (χ1v) is 8.98. The fourth-order valence-corrected chi connectivity index (χ4v) is 3.69. The lowest BCUT2D eigenvalue weighted by Gasteiger charge is -2.32. The number of aryl methyl sites for hydroxylation is 1. The standard InChI is InChI=1S/C18H24N2O4S/c1-3-18(4-2)16(23)20(17(24)19(18)12-15(21)22)14(25)11-10-13-8-6-5-7-9-13/h5-9,14,25H,3-4,10-12H2,1-2H3,(H,21,22). The Hall–Kier alpha value is -2.02. The second-order valence-electron chi connectivity index (χ2n) is 6.18. The van der Waals surface area contributed by atoms with Gasteiger partial charge < -0.3 is 5.11 Å². The molecular formula is C18H24N2O4S. The number of imide groups is 1. The predicted octanol–water partition coefficient (Wildman–Crippen LogP) is 2.78. The summed E-state index contributed by atoms with van der Waals surface area (Å²) in [6.07, 6.45) is 1.93. The minimum Gasteiger partial charge on any atom is -0.480 e. The molecule has 1 aliphatic heterocycles. The maximum atomic E-state index is 13.0. The molecule has 0 saturated carbocycles. The number of amides is 3. The van der Waals surface area contributed by atoms with Gasteiger partial charge in [-0.15, -0.1) is 0 Å². The molecule has 1 aromatic carbocycles. The van der Waals surface area contributed by atoms with Gasteiger partial charge in [0.15, 0.2) is 0 Å². The van der Waals surface area contributed by atoms with E-state index in [9.17, 15) is 14.4 Å². The van der Waals surface area contributed by atoms with E-state index < -0.39 is 29.5 Å². The summed E-state index contributed by atoms with van der Waals surface area (Å²) in [7, 11) is 0. The molecule has 1 unspecified atom stereocenters. The third-order valence-corrected chi connectivity index (χ3v) is 5.35. The van der Waals surface area contributed by atoms with E-state index in [4.69, 9.17) is 5.11 Å². The molecule has 3 amide bonds. The largest absolute Gasteiger partial charge is 0.480 e. The van der Waals surface area contributed by atoms with Gasteiger partial charge in [-0.25, -0.2) is 9.69 Å². The first kappa shape index (κ1) is 19.3. The van der Waals surface area contributed by atoms with Gasteiger partial charge >= 0.3 is 12.0 Å². The first-order valence-electron chi connectivity index (χ1n) is 8.46. The molecule has 0 spiro atoms. The Morgan fingerprint density at radius 2 is 1.80 bits per heavy atom. The fraction of sp³-hybridized carbons (Fsp3) is 0.500. The average molecular weight is 364 g/mol. The summed E-state index contributed by atoms with van der Waals surface area (Å²) >= 11 is 4.47.